The zero-order valence-corrected chi connectivity index (χ0v) is 17.1. The molecule has 1 heterocycles. The van der Waals surface area contributed by atoms with Crippen LogP contribution < -0.4 is 10.6 Å². The Morgan fingerprint density at radius 1 is 0.871 bits per heavy atom. The number of fused-ring (bicyclic) bond motifs is 5. The Labute approximate surface area is 181 Å². The normalized spacial score (nSPS) is 26.8. The second kappa shape index (κ2) is 8.02. The Balaban J connectivity index is 1.31. The molecule has 6 nitrogen and oxygen atoms in total. The molecule has 2 aromatic rings. The number of carbonyl (C=O) groups is 3. The van der Waals surface area contributed by atoms with E-state index in [1.165, 1.54) is 4.90 Å². The van der Waals surface area contributed by atoms with Crippen LogP contribution >= 0.6 is 0 Å². The molecule has 2 N–H and O–H groups in total. The number of benzene rings is 2. The van der Waals surface area contributed by atoms with Gasteiger partial charge in [0.2, 0.25) is 11.8 Å². The number of rotatable bonds is 6. The summed E-state index contributed by atoms with van der Waals surface area (Å²) in [5.74, 6) is -0.384. The molecule has 6 heteroatoms. The predicted molar refractivity (Wildman–Crippen MR) is 115 cm³/mol. The van der Waals surface area contributed by atoms with Crippen molar-refractivity contribution in [1.82, 2.24) is 15.5 Å². The lowest BCUT2D eigenvalue weighted by Gasteiger charge is -2.28. The molecule has 31 heavy (non-hydrogen) atoms. The molecule has 5 unspecified atom stereocenters. The van der Waals surface area contributed by atoms with Gasteiger partial charge in [0.15, 0.2) is 0 Å². The van der Waals surface area contributed by atoms with Crippen molar-refractivity contribution in [3.05, 3.63) is 83.9 Å². The summed E-state index contributed by atoms with van der Waals surface area (Å²) in [5.41, 5.74) is 1.84. The van der Waals surface area contributed by atoms with Gasteiger partial charge in [-0.3, -0.25) is 14.5 Å². The highest BCUT2D eigenvalue weighted by atomic mass is 16.2. The molecule has 1 saturated carbocycles. The molecule has 5 rings (SSSR count). The fourth-order valence-electron chi connectivity index (χ4n) is 5.30. The zero-order valence-electron chi connectivity index (χ0n) is 17.1. The Morgan fingerprint density at radius 3 is 2.06 bits per heavy atom. The van der Waals surface area contributed by atoms with Crippen LogP contribution in [0.1, 0.15) is 23.6 Å². The van der Waals surface area contributed by atoms with Crippen molar-refractivity contribution in [2.45, 2.75) is 19.0 Å². The first-order chi connectivity index (χ1) is 15.1. The van der Waals surface area contributed by atoms with E-state index in [2.05, 4.69) is 22.8 Å². The van der Waals surface area contributed by atoms with E-state index in [4.69, 9.17) is 0 Å². The molecular formula is C25H25N3O3. The van der Waals surface area contributed by atoms with Crippen LogP contribution in [-0.4, -0.2) is 29.3 Å². The van der Waals surface area contributed by atoms with Crippen molar-refractivity contribution in [1.29, 1.82) is 0 Å². The quantitative estimate of drug-likeness (QED) is 0.562. The van der Waals surface area contributed by atoms with Gasteiger partial charge in [0.1, 0.15) is 0 Å². The summed E-state index contributed by atoms with van der Waals surface area (Å²) in [6.45, 7) is 0.577. The van der Waals surface area contributed by atoms with Crippen molar-refractivity contribution in [2.24, 2.45) is 23.7 Å². The summed E-state index contributed by atoms with van der Waals surface area (Å²) in [6, 6.07) is 18.3. The summed E-state index contributed by atoms with van der Waals surface area (Å²) < 4.78 is 0. The topological polar surface area (TPSA) is 78.5 Å². The molecule has 1 aliphatic heterocycles. The van der Waals surface area contributed by atoms with Crippen LogP contribution in [0.2, 0.25) is 0 Å². The highest BCUT2D eigenvalue weighted by Crippen LogP contribution is 2.53. The summed E-state index contributed by atoms with van der Waals surface area (Å²) in [7, 11) is 0. The molecule has 2 aliphatic carbocycles. The maximum atomic E-state index is 13.3. The summed E-state index contributed by atoms with van der Waals surface area (Å²) >= 11 is 0. The van der Waals surface area contributed by atoms with Gasteiger partial charge >= 0.3 is 6.03 Å². The van der Waals surface area contributed by atoms with E-state index < -0.39 is 6.04 Å². The highest BCUT2D eigenvalue weighted by Gasteiger charge is 2.60. The molecule has 0 spiro atoms. The van der Waals surface area contributed by atoms with Gasteiger partial charge < -0.3 is 10.6 Å². The number of allylic oxidation sites excluding steroid dienone is 2. The highest BCUT2D eigenvalue weighted by molar-refractivity contribution is 6.06. The van der Waals surface area contributed by atoms with Gasteiger partial charge in [-0.15, -0.1) is 0 Å². The number of hydrogen-bond donors (Lipinski definition) is 2. The molecular weight excluding hydrogens is 390 g/mol. The van der Waals surface area contributed by atoms with Crippen molar-refractivity contribution in [3.8, 4) is 0 Å². The third-order valence-corrected chi connectivity index (χ3v) is 6.75. The molecule has 2 bridgehead atoms. The van der Waals surface area contributed by atoms with E-state index in [1.54, 1.807) is 0 Å². The molecule has 1 saturated heterocycles. The van der Waals surface area contributed by atoms with Crippen molar-refractivity contribution in [3.63, 3.8) is 0 Å². The number of carbonyl (C=O) groups excluding carboxylic acids is 3. The number of urea groups is 1. The molecule has 2 aromatic carbocycles. The lowest BCUT2D eigenvalue weighted by molar-refractivity contribution is -0.143. The Bertz CT molecular complexity index is 991. The van der Waals surface area contributed by atoms with E-state index in [-0.39, 0.29) is 48.1 Å². The molecule has 4 amide bonds. The minimum atomic E-state index is -0.520. The standard InChI is InChI=1S/C25H25N3O3/c29-23-21-18-11-12-19(13-18)22(21)24(30)28(23)20(17-9-5-2-6-10-17)15-27-25(31)26-14-16-7-3-1-4-8-16/h1-12,18-22H,13-15H2,(H2,26,27,31). The fourth-order valence-corrected chi connectivity index (χ4v) is 5.30. The van der Waals surface area contributed by atoms with Crippen LogP contribution in [0.15, 0.2) is 72.8 Å². The third kappa shape index (κ3) is 3.52. The minimum absolute atomic E-state index is 0.104. The monoisotopic (exact) mass is 415 g/mol. The van der Waals surface area contributed by atoms with Gasteiger partial charge in [-0.2, -0.15) is 0 Å². The smallest absolute Gasteiger partial charge is 0.315 e. The van der Waals surface area contributed by atoms with Crippen molar-refractivity contribution >= 4 is 17.8 Å². The van der Waals surface area contributed by atoms with E-state index in [9.17, 15) is 14.4 Å². The van der Waals surface area contributed by atoms with Gasteiger partial charge in [-0.05, 0) is 29.4 Å². The molecule has 0 aromatic heterocycles. The van der Waals surface area contributed by atoms with E-state index in [0.717, 1.165) is 17.5 Å². The first-order valence-electron chi connectivity index (χ1n) is 10.8. The molecule has 158 valence electrons. The second-order valence-corrected chi connectivity index (χ2v) is 8.52. The van der Waals surface area contributed by atoms with Crippen LogP contribution in [0.3, 0.4) is 0 Å². The SMILES string of the molecule is O=C(NCc1ccccc1)NCC(c1ccccc1)N1C(=O)C2C3C=CC(C3)C2C1=O. The van der Waals surface area contributed by atoms with Crippen molar-refractivity contribution in [2.75, 3.05) is 6.54 Å². The van der Waals surface area contributed by atoms with Crippen molar-refractivity contribution < 1.29 is 14.4 Å². The van der Waals surface area contributed by atoms with Crippen LogP contribution in [0.5, 0.6) is 0 Å². The molecule has 3 aliphatic rings. The predicted octanol–water partition coefficient (Wildman–Crippen LogP) is 3.03. The van der Waals surface area contributed by atoms with E-state index >= 15 is 0 Å². The number of likely N-dealkylation sites (tertiary alicyclic amines) is 1. The Kier molecular flexibility index (Phi) is 5.06. The second-order valence-electron chi connectivity index (χ2n) is 8.52. The maximum Gasteiger partial charge on any atom is 0.315 e. The average molecular weight is 415 g/mol. The van der Waals surface area contributed by atoms with Crippen LogP contribution in [-0.2, 0) is 16.1 Å². The molecule has 0 radical (unpaired) electrons. The van der Waals surface area contributed by atoms with Gasteiger partial charge in [0.05, 0.1) is 17.9 Å². The fraction of sp³-hybridized carbons (Fsp3) is 0.320. The van der Waals surface area contributed by atoms with Gasteiger partial charge in [-0.1, -0.05) is 72.8 Å². The average Bonchev–Trinajstić information content (AvgIpc) is 3.49. The Hall–Kier alpha value is -3.41. The van der Waals surface area contributed by atoms with E-state index in [1.807, 2.05) is 60.7 Å². The summed E-state index contributed by atoms with van der Waals surface area (Å²) in [6.07, 6.45) is 5.08. The first kappa shape index (κ1) is 19.5. The number of hydrogen-bond acceptors (Lipinski definition) is 3. The van der Waals surface area contributed by atoms with Gasteiger partial charge in [-0.25, -0.2) is 4.79 Å². The van der Waals surface area contributed by atoms with Crippen LogP contribution in [0.4, 0.5) is 4.79 Å². The zero-order chi connectivity index (χ0) is 21.4. The molecule has 2 fully saturated rings. The number of imide groups is 1. The van der Waals surface area contributed by atoms with Gasteiger partial charge in [0, 0.05) is 13.1 Å². The Morgan fingerprint density at radius 2 is 1.45 bits per heavy atom. The number of nitrogens with one attached hydrogen (secondary N) is 2. The van der Waals surface area contributed by atoms with Crippen LogP contribution in [0.25, 0.3) is 0 Å². The van der Waals surface area contributed by atoms with Crippen LogP contribution in [0, 0.1) is 23.7 Å². The summed E-state index contributed by atoms with van der Waals surface area (Å²) in [4.78, 5) is 40.4. The van der Waals surface area contributed by atoms with Gasteiger partial charge in [0.25, 0.3) is 0 Å². The maximum absolute atomic E-state index is 13.3. The number of nitrogens with zero attached hydrogens (tertiary/aromatic N) is 1. The number of amides is 4. The summed E-state index contributed by atoms with van der Waals surface area (Å²) in [5, 5.41) is 5.70. The van der Waals surface area contributed by atoms with E-state index in [0.29, 0.717) is 6.54 Å². The minimum Gasteiger partial charge on any atom is -0.336 e. The lowest BCUT2D eigenvalue weighted by atomic mass is 9.85. The largest absolute Gasteiger partial charge is 0.336 e. The molecule has 5 atom stereocenters. The first-order valence-corrected chi connectivity index (χ1v) is 10.8. The lowest BCUT2D eigenvalue weighted by Crippen LogP contribution is -2.44. The third-order valence-electron chi connectivity index (χ3n) is 6.75.